The Bertz CT molecular complexity index is 566. The number of aliphatic carboxylic acids is 1. The number of pyridine rings is 1. The average molecular weight is 334 g/mol. The molecule has 0 bridgehead atoms. The van der Waals surface area contributed by atoms with Crippen LogP contribution in [0.25, 0.3) is 0 Å². The lowest BCUT2D eigenvalue weighted by Crippen LogP contribution is -2.47. The second kappa shape index (κ2) is 7.34. The number of carboxylic acids is 1. The summed E-state index contributed by atoms with van der Waals surface area (Å²) in [4.78, 5) is 30.1. The van der Waals surface area contributed by atoms with Crippen molar-refractivity contribution in [3.8, 4) is 0 Å². The third-order valence-electron chi connectivity index (χ3n) is 4.86. The van der Waals surface area contributed by atoms with Crippen molar-refractivity contribution in [3.63, 3.8) is 0 Å². The molecule has 2 aliphatic rings. The maximum atomic E-state index is 12.6. The minimum absolute atomic E-state index is 0.0345. The average Bonchev–Trinajstić information content (AvgIpc) is 2.95. The summed E-state index contributed by atoms with van der Waals surface area (Å²) < 4.78 is 0. The largest absolute Gasteiger partial charge is 0.480 e. The van der Waals surface area contributed by atoms with Crippen molar-refractivity contribution >= 4 is 23.6 Å². The summed E-state index contributed by atoms with van der Waals surface area (Å²) in [5.41, 5.74) is 0.942. The Morgan fingerprint density at radius 3 is 2.87 bits per heavy atom. The van der Waals surface area contributed by atoms with Gasteiger partial charge >= 0.3 is 5.97 Å². The molecule has 2 fully saturated rings. The van der Waals surface area contributed by atoms with E-state index >= 15 is 0 Å². The second-order valence-electron chi connectivity index (χ2n) is 6.32. The van der Waals surface area contributed by atoms with Gasteiger partial charge < -0.3 is 10.0 Å². The third kappa shape index (κ3) is 3.68. The summed E-state index contributed by atoms with van der Waals surface area (Å²) in [5.74, 6) is 0.473. The maximum Gasteiger partial charge on any atom is 0.326 e. The van der Waals surface area contributed by atoms with E-state index in [0.29, 0.717) is 23.8 Å². The maximum absolute atomic E-state index is 12.6. The predicted octanol–water partition coefficient (Wildman–Crippen LogP) is 2.56. The zero-order valence-corrected chi connectivity index (χ0v) is 13.9. The Morgan fingerprint density at radius 2 is 2.13 bits per heavy atom. The molecule has 124 valence electrons. The van der Waals surface area contributed by atoms with E-state index in [1.54, 1.807) is 11.1 Å². The van der Waals surface area contributed by atoms with Crippen molar-refractivity contribution in [1.29, 1.82) is 0 Å². The highest BCUT2D eigenvalue weighted by atomic mass is 32.2. The van der Waals surface area contributed by atoms with Crippen LogP contribution in [0.1, 0.15) is 37.8 Å². The fraction of sp³-hybridized carbons (Fsp3) is 0.588. The van der Waals surface area contributed by atoms with Crippen LogP contribution >= 0.6 is 11.8 Å². The Morgan fingerprint density at radius 1 is 1.30 bits per heavy atom. The third-order valence-corrected chi connectivity index (χ3v) is 5.81. The van der Waals surface area contributed by atoms with Gasteiger partial charge in [0.05, 0.1) is 11.4 Å². The summed E-state index contributed by atoms with van der Waals surface area (Å²) >= 11 is 1.51. The molecule has 0 spiro atoms. The highest BCUT2D eigenvalue weighted by molar-refractivity contribution is 7.99. The lowest BCUT2D eigenvalue weighted by molar-refractivity contribution is -0.148. The van der Waals surface area contributed by atoms with Crippen molar-refractivity contribution in [2.24, 2.45) is 5.92 Å². The van der Waals surface area contributed by atoms with Gasteiger partial charge in [0.25, 0.3) is 0 Å². The molecule has 1 saturated carbocycles. The normalized spacial score (nSPS) is 26.8. The van der Waals surface area contributed by atoms with Crippen LogP contribution in [0.4, 0.5) is 0 Å². The number of carbonyl (C=O) groups excluding carboxylic acids is 1. The summed E-state index contributed by atoms with van der Waals surface area (Å²) in [6.45, 7) is 0. The number of amides is 1. The van der Waals surface area contributed by atoms with E-state index < -0.39 is 12.0 Å². The fourth-order valence-corrected chi connectivity index (χ4v) is 4.65. The summed E-state index contributed by atoms with van der Waals surface area (Å²) in [6, 6.07) is 5.23. The molecule has 1 aromatic rings. The Hall–Kier alpha value is -1.56. The molecule has 2 heterocycles. The van der Waals surface area contributed by atoms with Gasteiger partial charge in [-0.25, -0.2) is 4.79 Å². The van der Waals surface area contributed by atoms with Crippen LogP contribution in [0.3, 0.4) is 0 Å². The van der Waals surface area contributed by atoms with E-state index in [1.165, 1.54) is 11.8 Å². The Labute approximate surface area is 140 Å². The molecule has 3 atom stereocenters. The number of rotatable bonds is 5. The fourth-order valence-electron chi connectivity index (χ4n) is 3.84. The molecule has 3 unspecified atom stereocenters. The SMILES string of the molecule is O=C(O)C1CC2CCCCC2N1C(=O)CSCc1ccccn1. The van der Waals surface area contributed by atoms with Gasteiger partial charge in [-0.15, -0.1) is 11.8 Å². The number of likely N-dealkylation sites (tertiary alicyclic amines) is 1. The molecule has 6 heteroatoms. The topological polar surface area (TPSA) is 70.5 Å². The van der Waals surface area contributed by atoms with Crippen LogP contribution in [0.5, 0.6) is 0 Å². The number of carboxylic acid groups (broad SMARTS) is 1. The van der Waals surface area contributed by atoms with Gasteiger partial charge in [-0.1, -0.05) is 18.9 Å². The lowest BCUT2D eigenvalue weighted by Gasteiger charge is -2.33. The molecule has 1 aromatic heterocycles. The van der Waals surface area contributed by atoms with E-state index in [0.717, 1.165) is 31.4 Å². The number of aromatic nitrogens is 1. The molecular weight excluding hydrogens is 312 g/mol. The van der Waals surface area contributed by atoms with E-state index in [9.17, 15) is 14.7 Å². The first kappa shape index (κ1) is 16.3. The van der Waals surface area contributed by atoms with Crippen molar-refractivity contribution < 1.29 is 14.7 Å². The molecular formula is C17H22N2O3S. The van der Waals surface area contributed by atoms with Crippen molar-refractivity contribution in [2.75, 3.05) is 5.75 Å². The first-order valence-corrected chi connectivity index (χ1v) is 9.34. The minimum Gasteiger partial charge on any atom is -0.480 e. The molecule has 23 heavy (non-hydrogen) atoms. The molecule has 3 rings (SSSR count). The number of thioether (sulfide) groups is 1. The van der Waals surface area contributed by atoms with E-state index in [-0.39, 0.29) is 11.9 Å². The molecule has 0 radical (unpaired) electrons. The standard InChI is InChI=1S/C17H22N2O3S/c20-16(11-23-10-13-6-3-4-8-18-13)19-14-7-2-1-5-12(14)9-15(19)17(21)22/h3-4,6,8,12,14-15H,1-2,5,7,9-11H2,(H,21,22). The van der Waals surface area contributed by atoms with Gasteiger partial charge in [0.2, 0.25) is 5.91 Å². The van der Waals surface area contributed by atoms with E-state index in [1.807, 2.05) is 18.2 Å². The molecule has 1 amide bonds. The Kier molecular flexibility index (Phi) is 5.20. The smallest absolute Gasteiger partial charge is 0.326 e. The number of fused-ring (bicyclic) bond motifs is 1. The molecule has 1 aliphatic carbocycles. The second-order valence-corrected chi connectivity index (χ2v) is 7.30. The monoisotopic (exact) mass is 334 g/mol. The molecule has 1 saturated heterocycles. The van der Waals surface area contributed by atoms with Crippen LogP contribution in [-0.4, -0.2) is 44.7 Å². The van der Waals surface area contributed by atoms with Crippen LogP contribution in [-0.2, 0) is 15.3 Å². The van der Waals surface area contributed by atoms with Crippen LogP contribution < -0.4 is 0 Å². The molecule has 0 aromatic carbocycles. The Balaban J connectivity index is 1.60. The summed E-state index contributed by atoms with van der Waals surface area (Å²) in [5, 5.41) is 9.47. The lowest BCUT2D eigenvalue weighted by atomic mass is 9.85. The quantitative estimate of drug-likeness (QED) is 0.896. The van der Waals surface area contributed by atoms with Crippen molar-refractivity contribution in [1.82, 2.24) is 9.88 Å². The first-order chi connectivity index (χ1) is 11.2. The van der Waals surface area contributed by atoms with Crippen LogP contribution in [0.15, 0.2) is 24.4 Å². The number of hydrogen-bond donors (Lipinski definition) is 1. The minimum atomic E-state index is -0.859. The number of hydrogen-bond acceptors (Lipinski definition) is 4. The zero-order chi connectivity index (χ0) is 16.2. The van der Waals surface area contributed by atoms with Crippen LogP contribution in [0.2, 0.25) is 0 Å². The molecule has 5 nitrogen and oxygen atoms in total. The van der Waals surface area contributed by atoms with Gasteiger partial charge in [0.1, 0.15) is 6.04 Å². The van der Waals surface area contributed by atoms with Gasteiger partial charge in [-0.3, -0.25) is 9.78 Å². The number of carbonyl (C=O) groups is 2. The van der Waals surface area contributed by atoms with Gasteiger partial charge in [0, 0.05) is 18.0 Å². The van der Waals surface area contributed by atoms with E-state index in [2.05, 4.69) is 4.98 Å². The van der Waals surface area contributed by atoms with Crippen LogP contribution in [0, 0.1) is 5.92 Å². The molecule has 1 aliphatic heterocycles. The first-order valence-electron chi connectivity index (χ1n) is 8.18. The highest BCUT2D eigenvalue weighted by Crippen LogP contribution is 2.40. The van der Waals surface area contributed by atoms with Gasteiger partial charge in [-0.05, 0) is 37.3 Å². The number of nitrogens with zero attached hydrogens (tertiary/aromatic N) is 2. The molecule has 1 N–H and O–H groups in total. The highest BCUT2D eigenvalue weighted by Gasteiger charge is 2.47. The van der Waals surface area contributed by atoms with Crippen molar-refractivity contribution in [2.45, 2.75) is 49.9 Å². The summed E-state index contributed by atoms with van der Waals surface area (Å²) in [6.07, 6.45) is 6.62. The van der Waals surface area contributed by atoms with E-state index in [4.69, 9.17) is 0 Å². The van der Waals surface area contributed by atoms with Gasteiger partial charge in [-0.2, -0.15) is 0 Å². The summed E-state index contributed by atoms with van der Waals surface area (Å²) in [7, 11) is 0. The zero-order valence-electron chi connectivity index (χ0n) is 13.1. The van der Waals surface area contributed by atoms with Crippen molar-refractivity contribution in [3.05, 3.63) is 30.1 Å². The van der Waals surface area contributed by atoms with Gasteiger partial charge in [0.15, 0.2) is 0 Å². The predicted molar refractivity (Wildman–Crippen MR) is 89.0 cm³/mol.